The van der Waals surface area contributed by atoms with Gasteiger partial charge in [0.15, 0.2) is 0 Å². The van der Waals surface area contributed by atoms with Crippen LogP contribution < -0.4 is 5.32 Å². The number of hydrogen-bond acceptors (Lipinski definition) is 4. The van der Waals surface area contributed by atoms with Gasteiger partial charge in [-0.2, -0.15) is 0 Å². The second-order valence-corrected chi connectivity index (χ2v) is 6.48. The van der Waals surface area contributed by atoms with Gasteiger partial charge in [-0.05, 0) is 30.5 Å². The minimum atomic E-state index is -0.354. The molecular weight excluding hydrogens is 300 g/mol. The van der Waals surface area contributed by atoms with E-state index in [1.165, 1.54) is 0 Å². The fraction of sp³-hybridized carbons (Fsp3) is 0.375. The maximum Gasteiger partial charge on any atom is 0.226 e. The molecule has 1 aliphatic heterocycles. The highest BCUT2D eigenvalue weighted by Gasteiger charge is 2.43. The number of likely N-dealkylation sites (tertiary alicyclic amines) is 1. The van der Waals surface area contributed by atoms with Crippen LogP contribution in [0.4, 0.5) is 0 Å². The summed E-state index contributed by atoms with van der Waals surface area (Å²) in [5, 5.41) is 4.85. The largest absolute Gasteiger partial charge is 0.465 e. The van der Waals surface area contributed by atoms with Crippen LogP contribution in [0.5, 0.6) is 0 Å². The number of carbonyl (C=O) groups is 2. The van der Waals surface area contributed by atoms with Gasteiger partial charge in [0.25, 0.3) is 0 Å². The van der Waals surface area contributed by atoms with Gasteiger partial charge in [-0.1, -0.05) is 6.07 Å². The average molecular weight is 318 g/mol. The Bertz CT molecular complexity index is 677. The van der Waals surface area contributed by atoms with Gasteiger partial charge in [0, 0.05) is 18.3 Å². The molecule has 1 saturated heterocycles. The van der Waals surface area contributed by atoms with E-state index in [1.54, 1.807) is 23.3 Å². The third-order valence-electron chi connectivity index (χ3n) is 3.99. The molecule has 6 heteroatoms. The summed E-state index contributed by atoms with van der Waals surface area (Å²) in [4.78, 5) is 27.2. The van der Waals surface area contributed by atoms with Crippen molar-refractivity contribution in [2.24, 2.45) is 5.92 Å². The molecule has 22 heavy (non-hydrogen) atoms. The third-order valence-corrected chi connectivity index (χ3v) is 4.93. The smallest absolute Gasteiger partial charge is 0.226 e. The predicted octanol–water partition coefficient (Wildman–Crippen LogP) is 2.49. The third kappa shape index (κ3) is 2.78. The summed E-state index contributed by atoms with van der Waals surface area (Å²) in [6, 6.07) is 7.45. The Morgan fingerprint density at radius 2 is 2.27 bits per heavy atom. The Morgan fingerprint density at radius 1 is 1.45 bits per heavy atom. The number of aryl methyl sites for hydroxylation is 1. The Labute approximate surface area is 132 Å². The van der Waals surface area contributed by atoms with Gasteiger partial charge < -0.3 is 14.6 Å². The second-order valence-electron chi connectivity index (χ2n) is 5.51. The van der Waals surface area contributed by atoms with Crippen LogP contribution in [0.3, 0.4) is 0 Å². The van der Waals surface area contributed by atoms with Crippen molar-refractivity contribution in [1.29, 1.82) is 0 Å². The van der Waals surface area contributed by atoms with Crippen molar-refractivity contribution in [3.05, 3.63) is 46.0 Å². The van der Waals surface area contributed by atoms with Crippen LogP contribution in [0.25, 0.3) is 0 Å². The van der Waals surface area contributed by atoms with Crippen LogP contribution in [0, 0.1) is 12.8 Å². The van der Waals surface area contributed by atoms with E-state index in [-0.39, 0.29) is 30.2 Å². The predicted molar refractivity (Wildman–Crippen MR) is 83.2 cm³/mol. The van der Waals surface area contributed by atoms with Gasteiger partial charge in [0.05, 0.1) is 18.5 Å². The molecule has 116 valence electrons. The number of carbonyl (C=O) groups excluding carboxylic acids is 2. The molecule has 0 radical (unpaired) electrons. The maximum absolute atomic E-state index is 12.5. The van der Waals surface area contributed by atoms with Crippen LogP contribution in [0.15, 0.2) is 34.1 Å². The first kappa shape index (κ1) is 14.8. The van der Waals surface area contributed by atoms with Crippen LogP contribution in [-0.2, 0) is 16.1 Å². The molecular formula is C16H18N2O3S. The lowest BCUT2D eigenvalue weighted by atomic mass is 9.98. The Kier molecular flexibility index (Phi) is 4.02. The van der Waals surface area contributed by atoms with Gasteiger partial charge in [-0.25, -0.2) is 0 Å². The summed E-state index contributed by atoms with van der Waals surface area (Å²) >= 11 is 1.57. The lowest BCUT2D eigenvalue weighted by molar-refractivity contribution is -0.128. The zero-order chi connectivity index (χ0) is 15.7. The van der Waals surface area contributed by atoms with Gasteiger partial charge in [-0.15, -0.1) is 11.3 Å². The van der Waals surface area contributed by atoms with E-state index in [1.807, 2.05) is 36.6 Å². The minimum absolute atomic E-state index is 0.00685. The van der Waals surface area contributed by atoms with Gasteiger partial charge in [0.2, 0.25) is 11.8 Å². The molecule has 1 N–H and O–H groups in total. The maximum atomic E-state index is 12.5. The zero-order valence-electron chi connectivity index (χ0n) is 12.5. The van der Waals surface area contributed by atoms with Crippen molar-refractivity contribution >= 4 is 23.2 Å². The normalized spacial score (nSPS) is 21.4. The second kappa shape index (κ2) is 5.96. The molecule has 1 aliphatic rings. The van der Waals surface area contributed by atoms with E-state index in [2.05, 4.69) is 5.32 Å². The van der Waals surface area contributed by atoms with Gasteiger partial charge in [0.1, 0.15) is 11.5 Å². The Balaban J connectivity index is 1.71. The molecule has 0 spiro atoms. The summed E-state index contributed by atoms with van der Waals surface area (Å²) in [5.74, 6) is 1.08. The van der Waals surface area contributed by atoms with Crippen LogP contribution in [0.2, 0.25) is 0 Å². The molecule has 1 fully saturated rings. The number of amides is 2. The van der Waals surface area contributed by atoms with Crippen LogP contribution >= 0.6 is 11.3 Å². The van der Waals surface area contributed by atoms with Gasteiger partial charge in [-0.3, -0.25) is 9.59 Å². The van der Waals surface area contributed by atoms with Crippen LogP contribution in [0.1, 0.15) is 28.9 Å². The number of nitrogens with one attached hydrogen (secondary N) is 1. The summed E-state index contributed by atoms with van der Waals surface area (Å²) < 4.78 is 5.45. The fourth-order valence-corrected chi connectivity index (χ4v) is 3.77. The molecule has 3 rings (SSSR count). The van der Waals surface area contributed by atoms with Crippen LogP contribution in [-0.4, -0.2) is 23.8 Å². The number of nitrogens with zero attached hydrogens (tertiary/aromatic N) is 1. The highest BCUT2D eigenvalue weighted by molar-refractivity contribution is 7.10. The fourth-order valence-electron chi connectivity index (χ4n) is 2.84. The Morgan fingerprint density at radius 3 is 2.91 bits per heavy atom. The lowest BCUT2D eigenvalue weighted by Gasteiger charge is -2.23. The quantitative estimate of drug-likeness (QED) is 0.942. The molecule has 0 unspecified atom stereocenters. The van der Waals surface area contributed by atoms with E-state index in [0.29, 0.717) is 6.54 Å². The highest BCUT2D eigenvalue weighted by Crippen LogP contribution is 2.39. The molecule has 3 heterocycles. The number of hydrogen-bond donors (Lipinski definition) is 1. The Hall–Kier alpha value is -2.08. The topological polar surface area (TPSA) is 62.6 Å². The molecule has 0 aromatic carbocycles. The standard InChI is InChI=1S/C16H18N2O3S/c1-10-5-6-11(21-10)9-17-16(20)12-8-14(19)18(2)15(12)13-4-3-7-22-13/h3-7,12,15H,8-9H2,1-2H3,(H,17,20)/t12-,15+/m1/s1. The number of thiophene rings is 1. The molecule has 2 aromatic heterocycles. The summed E-state index contributed by atoms with van der Waals surface area (Å²) in [6.45, 7) is 2.21. The van der Waals surface area contributed by atoms with Crippen molar-refractivity contribution in [3.8, 4) is 0 Å². The van der Waals surface area contributed by atoms with Crippen molar-refractivity contribution in [2.45, 2.75) is 25.9 Å². The summed E-state index contributed by atoms with van der Waals surface area (Å²) in [7, 11) is 1.76. The first-order valence-electron chi connectivity index (χ1n) is 7.18. The van der Waals surface area contributed by atoms with Crippen molar-refractivity contribution in [3.63, 3.8) is 0 Å². The van der Waals surface area contributed by atoms with E-state index in [9.17, 15) is 9.59 Å². The van der Waals surface area contributed by atoms with Crippen molar-refractivity contribution in [1.82, 2.24) is 10.2 Å². The van der Waals surface area contributed by atoms with E-state index in [4.69, 9.17) is 4.42 Å². The molecule has 0 bridgehead atoms. The molecule has 0 saturated carbocycles. The molecule has 0 aliphatic carbocycles. The van der Waals surface area contributed by atoms with Crippen molar-refractivity contribution in [2.75, 3.05) is 7.05 Å². The molecule has 2 aromatic rings. The summed E-state index contributed by atoms with van der Waals surface area (Å²) in [5.41, 5.74) is 0. The van der Waals surface area contributed by atoms with E-state index < -0.39 is 0 Å². The average Bonchev–Trinajstić information content (AvgIpc) is 3.19. The molecule has 5 nitrogen and oxygen atoms in total. The summed E-state index contributed by atoms with van der Waals surface area (Å²) in [6.07, 6.45) is 0.252. The zero-order valence-corrected chi connectivity index (χ0v) is 13.4. The monoisotopic (exact) mass is 318 g/mol. The minimum Gasteiger partial charge on any atom is -0.465 e. The molecule has 2 atom stereocenters. The first-order valence-corrected chi connectivity index (χ1v) is 8.06. The molecule has 2 amide bonds. The highest BCUT2D eigenvalue weighted by atomic mass is 32.1. The number of furan rings is 1. The lowest BCUT2D eigenvalue weighted by Crippen LogP contribution is -2.33. The van der Waals surface area contributed by atoms with Crippen molar-refractivity contribution < 1.29 is 14.0 Å². The van der Waals surface area contributed by atoms with E-state index in [0.717, 1.165) is 16.4 Å². The van der Waals surface area contributed by atoms with Gasteiger partial charge >= 0.3 is 0 Å². The first-order chi connectivity index (χ1) is 10.6. The van der Waals surface area contributed by atoms with E-state index >= 15 is 0 Å². The number of rotatable bonds is 4. The SMILES string of the molecule is Cc1ccc(CNC(=O)[C@@H]2CC(=O)N(C)[C@@H]2c2cccs2)o1.